The average Bonchev–Trinajstić information content (AvgIpc) is 3.30. The van der Waals surface area contributed by atoms with Crippen LogP contribution in [0.3, 0.4) is 0 Å². The number of aromatic nitrogens is 5. The van der Waals surface area contributed by atoms with Gasteiger partial charge >= 0.3 is 0 Å². The van der Waals surface area contributed by atoms with E-state index in [-0.39, 0.29) is 59.6 Å². The number of hydrogen-bond donors (Lipinski definition) is 3. The monoisotopic (exact) mass is 550 g/mol. The smallest absolute Gasteiger partial charge is 0.273 e. The third-order valence-corrected chi connectivity index (χ3v) is 6.24. The van der Waals surface area contributed by atoms with E-state index in [0.29, 0.717) is 5.56 Å². The van der Waals surface area contributed by atoms with Crippen LogP contribution in [0.5, 0.6) is 5.75 Å². The van der Waals surface area contributed by atoms with Crippen LogP contribution in [-0.4, -0.2) is 77.2 Å². The molecule has 3 N–H and O–H groups in total. The molecule has 0 fully saturated rings. The van der Waals surface area contributed by atoms with Gasteiger partial charge in [-0.25, -0.2) is 13.4 Å². The van der Waals surface area contributed by atoms with Gasteiger partial charge in [0.25, 0.3) is 5.91 Å². The summed E-state index contributed by atoms with van der Waals surface area (Å²) in [6.07, 6.45) is 2.62. The molecule has 0 radical (unpaired) electrons. The van der Waals surface area contributed by atoms with Crippen molar-refractivity contribution in [3.63, 3.8) is 0 Å². The predicted octanol–water partition coefficient (Wildman–Crippen LogP) is 1.41. The van der Waals surface area contributed by atoms with Crippen molar-refractivity contribution in [3.8, 4) is 17.1 Å². The zero-order valence-electron chi connectivity index (χ0n) is 24.3. The van der Waals surface area contributed by atoms with Crippen LogP contribution in [-0.2, 0) is 21.4 Å². The Kier molecular flexibility index (Phi) is 7.58. The Morgan fingerprint density at radius 3 is 2.71 bits per heavy atom. The summed E-state index contributed by atoms with van der Waals surface area (Å²) in [6, 6.07) is 2.81. The Labute approximate surface area is 223 Å². The first-order chi connectivity index (χ1) is 19.1. The predicted molar refractivity (Wildman–Crippen MR) is 137 cm³/mol. The van der Waals surface area contributed by atoms with Crippen LogP contribution in [0.2, 0.25) is 0 Å². The van der Waals surface area contributed by atoms with Gasteiger partial charge in [0, 0.05) is 36.8 Å². The molecule has 0 unspecified atom stereocenters. The molecule has 16 heteroatoms. The van der Waals surface area contributed by atoms with Crippen molar-refractivity contribution < 1.29 is 31.4 Å². The van der Waals surface area contributed by atoms with Crippen molar-refractivity contribution >= 4 is 39.2 Å². The van der Waals surface area contributed by atoms with E-state index >= 15 is 0 Å². The quantitative estimate of drug-likeness (QED) is 0.311. The van der Waals surface area contributed by atoms with Gasteiger partial charge in [-0.05, 0) is 12.0 Å². The van der Waals surface area contributed by atoms with Crippen LogP contribution in [0.15, 0.2) is 22.9 Å². The van der Waals surface area contributed by atoms with Crippen LogP contribution in [0, 0.1) is 5.92 Å². The number of nitrogens with zero attached hydrogens (tertiary/aromatic N) is 6. The first kappa shape index (κ1) is 24.2. The SMILES string of the molecule is [2H]C([2H])([2H])NC(=O)c1nnc(NC(=O)CC(C)C)cc1Nc1nccc(-c2noc(CN(C)S(C)(=O)=O)n2)c1OC. The summed E-state index contributed by atoms with van der Waals surface area (Å²) in [5.41, 5.74) is -0.154. The lowest BCUT2D eigenvalue weighted by atomic mass is 10.1. The Morgan fingerprint density at radius 1 is 1.29 bits per heavy atom. The molecule has 204 valence electrons. The van der Waals surface area contributed by atoms with Gasteiger partial charge in [-0.15, -0.1) is 10.2 Å². The Morgan fingerprint density at radius 2 is 2.05 bits per heavy atom. The van der Waals surface area contributed by atoms with Gasteiger partial charge in [0.15, 0.2) is 23.1 Å². The first-order valence-electron chi connectivity index (χ1n) is 12.6. The molecule has 3 heterocycles. The van der Waals surface area contributed by atoms with Gasteiger partial charge < -0.3 is 25.2 Å². The Bertz CT molecular complexity index is 1530. The van der Waals surface area contributed by atoms with Crippen molar-refractivity contribution in [2.75, 3.05) is 38.0 Å². The number of pyridine rings is 1. The molecule has 0 atom stereocenters. The largest absolute Gasteiger partial charge is 0.492 e. The highest BCUT2D eigenvalue weighted by atomic mass is 32.2. The van der Waals surface area contributed by atoms with Crippen molar-refractivity contribution in [2.24, 2.45) is 5.92 Å². The lowest BCUT2D eigenvalue weighted by Gasteiger charge is -2.15. The van der Waals surface area contributed by atoms with E-state index in [1.807, 2.05) is 19.2 Å². The second-order valence-corrected chi connectivity index (χ2v) is 10.6. The number of nitrogens with one attached hydrogen (secondary N) is 3. The number of carbonyl (C=O) groups excluding carboxylic acids is 2. The molecule has 0 aliphatic rings. The lowest BCUT2D eigenvalue weighted by Crippen LogP contribution is -2.25. The standard InChI is InChI=1S/C22H29N9O6S/c1-12(2)9-16(32)26-15-10-14(18(29-28-15)22(33)23-3)25-21-19(36-5)13(7-8-24-21)20-27-17(37-30-20)11-31(4)38(6,34)35/h7-8,10,12H,9,11H2,1-6H3,(H,23,33)(H2,24,25,26,28,32)/i3D3. The first-order valence-corrected chi connectivity index (χ1v) is 13.0. The molecule has 0 saturated heterocycles. The van der Waals surface area contributed by atoms with Crippen LogP contribution < -0.4 is 20.7 Å². The average molecular weight is 551 g/mol. The van der Waals surface area contributed by atoms with Gasteiger partial charge in [0.2, 0.25) is 27.6 Å². The van der Waals surface area contributed by atoms with Crippen LogP contribution in [0.1, 0.15) is 40.8 Å². The van der Waals surface area contributed by atoms with Crippen LogP contribution in [0.25, 0.3) is 11.4 Å². The molecule has 0 bridgehead atoms. The highest BCUT2D eigenvalue weighted by Crippen LogP contribution is 2.35. The molecule has 2 amide bonds. The second kappa shape index (κ2) is 11.9. The maximum atomic E-state index is 12.7. The zero-order chi connectivity index (χ0) is 30.5. The zero-order valence-corrected chi connectivity index (χ0v) is 22.1. The molecule has 0 spiro atoms. The minimum atomic E-state index is -3.49. The molecule has 0 aliphatic carbocycles. The molecule has 38 heavy (non-hydrogen) atoms. The van der Waals surface area contributed by atoms with E-state index in [9.17, 15) is 18.0 Å². The van der Waals surface area contributed by atoms with E-state index in [0.717, 1.165) is 10.6 Å². The van der Waals surface area contributed by atoms with Crippen molar-refractivity contribution in [2.45, 2.75) is 26.8 Å². The number of sulfonamides is 1. The number of rotatable bonds is 11. The van der Waals surface area contributed by atoms with Crippen LogP contribution >= 0.6 is 0 Å². The summed E-state index contributed by atoms with van der Waals surface area (Å²) in [5, 5.41) is 18.9. The van der Waals surface area contributed by atoms with Gasteiger partial charge in [-0.3, -0.25) is 9.59 Å². The highest BCUT2D eigenvalue weighted by molar-refractivity contribution is 7.88. The summed E-state index contributed by atoms with van der Waals surface area (Å²) in [6.45, 7) is 0.752. The normalized spacial score (nSPS) is 13.0. The molecule has 3 aromatic heterocycles. The number of ether oxygens (including phenoxy) is 1. The van der Waals surface area contributed by atoms with E-state index < -0.39 is 28.6 Å². The molecule has 0 aliphatic heterocycles. The number of anilines is 3. The molecule has 3 aromatic rings. The lowest BCUT2D eigenvalue weighted by molar-refractivity contribution is -0.116. The number of hydrogen-bond acceptors (Lipinski definition) is 12. The van der Waals surface area contributed by atoms with Crippen molar-refractivity contribution in [1.82, 2.24) is 34.9 Å². The minimum absolute atomic E-state index is 0.00323. The summed E-state index contributed by atoms with van der Waals surface area (Å²) >= 11 is 0. The molecule has 3 rings (SSSR count). The number of methoxy groups -OCH3 is 1. The fraction of sp³-hybridized carbons (Fsp3) is 0.409. The third-order valence-electron chi connectivity index (χ3n) is 4.98. The molecular formula is C22H29N9O6S. The Balaban J connectivity index is 2.00. The van der Waals surface area contributed by atoms with Gasteiger partial charge in [-0.1, -0.05) is 19.0 Å². The third kappa shape index (κ3) is 6.98. The molecule has 0 saturated carbocycles. The second-order valence-electron chi connectivity index (χ2n) is 8.49. The minimum Gasteiger partial charge on any atom is -0.492 e. The molecular weight excluding hydrogens is 518 g/mol. The maximum absolute atomic E-state index is 12.7. The number of amides is 2. The van der Waals surface area contributed by atoms with Crippen LogP contribution in [0.4, 0.5) is 17.3 Å². The van der Waals surface area contributed by atoms with Crippen molar-refractivity contribution in [1.29, 1.82) is 0 Å². The summed E-state index contributed by atoms with van der Waals surface area (Å²) in [7, 11) is -0.795. The Hall–Kier alpha value is -4.18. The number of carbonyl (C=O) groups is 2. The molecule has 0 aromatic carbocycles. The topological polar surface area (TPSA) is 194 Å². The van der Waals surface area contributed by atoms with Gasteiger partial charge in [0.1, 0.15) is 0 Å². The summed E-state index contributed by atoms with van der Waals surface area (Å²) < 4.78 is 57.2. The van der Waals surface area contributed by atoms with Gasteiger partial charge in [-0.2, -0.15) is 9.29 Å². The fourth-order valence-corrected chi connectivity index (χ4v) is 3.47. The van der Waals surface area contributed by atoms with Crippen molar-refractivity contribution in [3.05, 3.63) is 29.9 Å². The highest BCUT2D eigenvalue weighted by Gasteiger charge is 2.22. The van der Waals surface area contributed by atoms with E-state index in [1.165, 1.54) is 32.5 Å². The van der Waals surface area contributed by atoms with Gasteiger partial charge in [0.05, 0.1) is 31.2 Å². The maximum Gasteiger partial charge on any atom is 0.273 e. The van der Waals surface area contributed by atoms with E-state index in [1.54, 1.807) is 0 Å². The van der Waals surface area contributed by atoms with E-state index in [4.69, 9.17) is 13.4 Å². The fourth-order valence-electron chi connectivity index (χ4n) is 3.12. The summed E-state index contributed by atoms with van der Waals surface area (Å²) in [4.78, 5) is 33.5. The molecule has 15 nitrogen and oxygen atoms in total. The van der Waals surface area contributed by atoms with E-state index in [2.05, 4.69) is 36.0 Å². The summed E-state index contributed by atoms with van der Waals surface area (Å²) in [5.74, 6) is -1.13.